The van der Waals surface area contributed by atoms with E-state index in [-0.39, 0.29) is 29.4 Å². The first kappa shape index (κ1) is 18.4. The average molecular weight is 388 g/mol. The molecule has 10 heteroatoms. The second-order valence-corrected chi connectivity index (χ2v) is 8.23. The zero-order valence-corrected chi connectivity index (χ0v) is 14.2. The molecule has 0 bridgehead atoms. The molecule has 1 N–H and O–H groups in total. The van der Waals surface area contributed by atoms with E-state index < -0.39 is 33.7 Å². The molecule has 26 heavy (non-hydrogen) atoms. The van der Waals surface area contributed by atoms with Crippen LogP contribution in [0.25, 0.3) is 10.9 Å². The lowest BCUT2D eigenvalue weighted by molar-refractivity contribution is -0.141. The van der Waals surface area contributed by atoms with Crippen LogP contribution in [0.1, 0.15) is 12.1 Å². The summed E-state index contributed by atoms with van der Waals surface area (Å²) < 4.78 is 66.2. The number of hydrogen-bond acceptors (Lipinski definition) is 5. The molecule has 0 saturated carbocycles. The molecule has 1 aliphatic rings. The van der Waals surface area contributed by atoms with Crippen molar-refractivity contribution in [2.45, 2.75) is 18.6 Å². The van der Waals surface area contributed by atoms with Gasteiger partial charge in [0.15, 0.2) is 16.4 Å². The summed E-state index contributed by atoms with van der Waals surface area (Å²) in [6.07, 6.45) is -4.19. The summed E-state index contributed by atoms with van der Waals surface area (Å²) in [4.78, 5) is 15.4. The number of pyridine rings is 1. The summed E-state index contributed by atoms with van der Waals surface area (Å²) in [5.74, 6) is -0.363. The molecule has 1 saturated heterocycles. The maximum atomic E-state index is 12.7. The van der Waals surface area contributed by atoms with E-state index in [9.17, 15) is 26.4 Å². The SMILES string of the molecule is O=C(COc1ccc2ccc(C(F)(F)F)nc2c1)NC1CCS(=O)(=O)C1. The molecule has 140 valence electrons. The fourth-order valence-corrected chi connectivity index (χ4v) is 4.35. The van der Waals surface area contributed by atoms with Gasteiger partial charge in [-0.15, -0.1) is 0 Å². The molecule has 1 aromatic heterocycles. The summed E-state index contributed by atoms with van der Waals surface area (Å²) in [7, 11) is -3.10. The zero-order valence-electron chi connectivity index (χ0n) is 13.4. The lowest BCUT2D eigenvalue weighted by atomic mass is 10.2. The fraction of sp³-hybridized carbons (Fsp3) is 0.375. The maximum absolute atomic E-state index is 12.7. The van der Waals surface area contributed by atoms with E-state index in [0.717, 1.165) is 6.07 Å². The van der Waals surface area contributed by atoms with Crippen molar-refractivity contribution in [3.8, 4) is 5.75 Å². The number of amides is 1. The van der Waals surface area contributed by atoms with E-state index >= 15 is 0 Å². The van der Waals surface area contributed by atoms with Gasteiger partial charge in [0.1, 0.15) is 11.4 Å². The third kappa shape index (κ3) is 4.43. The van der Waals surface area contributed by atoms with Crippen molar-refractivity contribution in [1.29, 1.82) is 0 Å². The average Bonchev–Trinajstić information content (AvgIpc) is 2.90. The first-order chi connectivity index (χ1) is 12.1. The van der Waals surface area contributed by atoms with Gasteiger partial charge in [0.05, 0.1) is 17.0 Å². The standard InChI is InChI=1S/C16H15F3N2O4S/c17-16(18,19)14-4-2-10-1-3-12(7-13(10)21-14)25-8-15(22)20-11-5-6-26(23,24)9-11/h1-4,7,11H,5-6,8-9H2,(H,20,22). The van der Waals surface area contributed by atoms with Gasteiger partial charge in [0.2, 0.25) is 0 Å². The zero-order chi connectivity index (χ0) is 18.9. The minimum atomic E-state index is -4.55. The normalized spacial score (nSPS) is 19.4. The molecule has 0 aliphatic carbocycles. The van der Waals surface area contributed by atoms with E-state index in [0.29, 0.717) is 11.8 Å². The number of aromatic nitrogens is 1. The number of hydrogen-bond donors (Lipinski definition) is 1. The topological polar surface area (TPSA) is 85.4 Å². The maximum Gasteiger partial charge on any atom is 0.433 e. The van der Waals surface area contributed by atoms with Crippen LogP contribution >= 0.6 is 0 Å². The molecule has 1 fully saturated rings. The molecule has 0 radical (unpaired) electrons. The molecular weight excluding hydrogens is 373 g/mol. The van der Waals surface area contributed by atoms with Crippen molar-refractivity contribution >= 4 is 26.6 Å². The number of halogens is 3. The van der Waals surface area contributed by atoms with Crippen LogP contribution in [0, 0.1) is 0 Å². The van der Waals surface area contributed by atoms with E-state index in [2.05, 4.69) is 10.3 Å². The van der Waals surface area contributed by atoms with Gasteiger partial charge in [-0.25, -0.2) is 13.4 Å². The Morgan fingerprint density at radius 2 is 2.00 bits per heavy atom. The van der Waals surface area contributed by atoms with E-state index in [1.807, 2.05) is 0 Å². The Hall–Kier alpha value is -2.36. The van der Waals surface area contributed by atoms with Gasteiger partial charge < -0.3 is 10.1 Å². The van der Waals surface area contributed by atoms with Crippen LogP contribution in [-0.4, -0.2) is 43.5 Å². The number of ether oxygens (including phenoxy) is 1. The van der Waals surface area contributed by atoms with Gasteiger partial charge in [0, 0.05) is 17.5 Å². The number of alkyl halides is 3. The van der Waals surface area contributed by atoms with Crippen LogP contribution in [0.4, 0.5) is 13.2 Å². The Labute approximate surface area is 147 Å². The summed E-state index contributed by atoms with van der Waals surface area (Å²) in [6, 6.07) is 6.14. The number of nitrogens with one attached hydrogen (secondary N) is 1. The predicted molar refractivity (Wildman–Crippen MR) is 87.4 cm³/mol. The van der Waals surface area contributed by atoms with Crippen LogP contribution in [0.5, 0.6) is 5.75 Å². The smallest absolute Gasteiger partial charge is 0.433 e. The molecule has 2 heterocycles. The molecule has 0 spiro atoms. The van der Waals surface area contributed by atoms with Gasteiger partial charge in [-0.1, -0.05) is 6.07 Å². The Kier molecular flexibility index (Phi) is 4.78. The third-order valence-electron chi connectivity index (χ3n) is 3.92. The Balaban J connectivity index is 1.64. The van der Waals surface area contributed by atoms with Crippen molar-refractivity contribution < 1.29 is 31.1 Å². The van der Waals surface area contributed by atoms with Crippen LogP contribution in [0.3, 0.4) is 0 Å². The number of carbonyl (C=O) groups excluding carboxylic acids is 1. The highest BCUT2D eigenvalue weighted by Gasteiger charge is 2.32. The molecule has 6 nitrogen and oxygen atoms in total. The van der Waals surface area contributed by atoms with Gasteiger partial charge in [0.25, 0.3) is 5.91 Å². The molecule has 3 rings (SSSR count). The van der Waals surface area contributed by atoms with Gasteiger partial charge >= 0.3 is 6.18 Å². The monoisotopic (exact) mass is 388 g/mol. The summed E-state index contributed by atoms with van der Waals surface area (Å²) in [5.41, 5.74) is -0.915. The lowest BCUT2D eigenvalue weighted by Gasteiger charge is -2.12. The van der Waals surface area contributed by atoms with Gasteiger partial charge in [-0.2, -0.15) is 13.2 Å². The highest BCUT2D eigenvalue weighted by molar-refractivity contribution is 7.91. The molecule has 1 atom stereocenters. The quantitative estimate of drug-likeness (QED) is 0.865. The van der Waals surface area contributed by atoms with Gasteiger partial charge in [-0.3, -0.25) is 4.79 Å². The summed E-state index contributed by atoms with van der Waals surface area (Å²) >= 11 is 0. The second kappa shape index (κ2) is 6.75. The van der Waals surface area contributed by atoms with Crippen LogP contribution < -0.4 is 10.1 Å². The van der Waals surface area contributed by atoms with E-state index in [4.69, 9.17) is 4.74 Å². The van der Waals surface area contributed by atoms with Crippen molar-refractivity contribution in [2.75, 3.05) is 18.1 Å². The largest absolute Gasteiger partial charge is 0.484 e. The van der Waals surface area contributed by atoms with Crippen molar-refractivity contribution in [2.24, 2.45) is 0 Å². The van der Waals surface area contributed by atoms with E-state index in [1.54, 1.807) is 6.07 Å². The second-order valence-electron chi connectivity index (χ2n) is 6.00. The van der Waals surface area contributed by atoms with Crippen LogP contribution in [-0.2, 0) is 20.8 Å². The number of carbonyl (C=O) groups is 1. The minimum Gasteiger partial charge on any atom is -0.484 e. The minimum absolute atomic E-state index is 0.0384. The van der Waals surface area contributed by atoms with E-state index in [1.165, 1.54) is 18.2 Å². The van der Waals surface area contributed by atoms with Crippen molar-refractivity contribution in [3.05, 3.63) is 36.0 Å². The number of nitrogens with zero attached hydrogens (tertiary/aromatic N) is 1. The van der Waals surface area contributed by atoms with Crippen molar-refractivity contribution in [1.82, 2.24) is 10.3 Å². The summed E-state index contributed by atoms with van der Waals surface area (Å²) in [6.45, 7) is -0.374. The molecule has 1 aromatic carbocycles. The van der Waals surface area contributed by atoms with Crippen LogP contribution in [0.15, 0.2) is 30.3 Å². The number of benzene rings is 1. The molecule has 1 amide bonds. The van der Waals surface area contributed by atoms with Gasteiger partial charge in [-0.05, 0) is 24.6 Å². The summed E-state index contributed by atoms with van der Waals surface area (Å²) in [5, 5.41) is 3.07. The lowest BCUT2D eigenvalue weighted by Crippen LogP contribution is -2.38. The molecule has 2 aromatic rings. The predicted octanol–water partition coefficient (Wildman–Crippen LogP) is 1.94. The highest BCUT2D eigenvalue weighted by Crippen LogP contribution is 2.29. The number of fused-ring (bicyclic) bond motifs is 1. The third-order valence-corrected chi connectivity index (χ3v) is 5.69. The Bertz CT molecular complexity index is 944. The Morgan fingerprint density at radius 3 is 2.65 bits per heavy atom. The first-order valence-corrected chi connectivity index (χ1v) is 9.55. The van der Waals surface area contributed by atoms with Crippen LogP contribution in [0.2, 0.25) is 0 Å². The molecular formula is C16H15F3N2O4S. The molecule has 1 unspecified atom stereocenters. The number of rotatable bonds is 4. The first-order valence-electron chi connectivity index (χ1n) is 7.73. The van der Waals surface area contributed by atoms with Crippen molar-refractivity contribution in [3.63, 3.8) is 0 Å². The highest BCUT2D eigenvalue weighted by atomic mass is 32.2. The fourth-order valence-electron chi connectivity index (χ4n) is 2.67. The number of sulfone groups is 1. The Morgan fingerprint density at radius 1 is 1.27 bits per heavy atom. The molecule has 1 aliphatic heterocycles.